The van der Waals surface area contributed by atoms with Crippen molar-refractivity contribution in [2.24, 2.45) is 5.10 Å². The zero-order valence-electron chi connectivity index (χ0n) is 15.6. The topological polar surface area (TPSA) is 59.3 Å². The molecule has 28 heavy (non-hydrogen) atoms. The minimum atomic E-state index is -0.366. The Morgan fingerprint density at radius 3 is 2.64 bits per heavy atom. The lowest BCUT2D eigenvalue weighted by atomic mass is 10.0. The Morgan fingerprint density at radius 2 is 1.96 bits per heavy atom. The molecule has 0 saturated heterocycles. The molecule has 3 rings (SSSR count). The van der Waals surface area contributed by atoms with Gasteiger partial charge in [-0.25, -0.2) is 5.43 Å². The summed E-state index contributed by atoms with van der Waals surface area (Å²) in [6.45, 7) is 4.87. The number of hydrogen-bond donors (Lipinski definition) is 1. The number of nitrogens with zero attached hydrogens (tertiary/aromatic N) is 3. The van der Waals surface area contributed by atoms with Gasteiger partial charge in [-0.3, -0.25) is 9.48 Å². The Hall–Kier alpha value is -2.25. The van der Waals surface area contributed by atoms with E-state index in [2.05, 4.69) is 73.5 Å². The molecule has 1 N–H and O–H groups in total. The molecule has 0 aliphatic carbocycles. The van der Waals surface area contributed by atoms with E-state index in [-0.39, 0.29) is 5.91 Å². The summed E-state index contributed by atoms with van der Waals surface area (Å²) < 4.78 is 3.34. The van der Waals surface area contributed by atoms with Crippen molar-refractivity contribution in [2.45, 2.75) is 26.3 Å². The number of hydrazone groups is 1. The lowest BCUT2D eigenvalue weighted by Gasteiger charge is -2.04. The molecular weight excluding hydrogens is 484 g/mol. The minimum absolute atomic E-state index is 0.294. The predicted octanol–water partition coefficient (Wildman–Crippen LogP) is 5.34. The fraction of sp³-hybridized carbons (Fsp3) is 0.190. The van der Waals surface area contributed by atoms with Crippen molar-refractivity contribution < 1.29 is 4.79 Å². The maximum atomic E-state index is 12.4. The van der Waals surface area contributed by atoms with Crippen LogP contribution in [-0.2, 0) is 6.54 Å². The molecule has 1 aromatic heterocycles. The van der Waals surface area contributed by atoms with Gasteiger partial charge in [0, 0.05) is 10.7 Å². The third-order valence-corrected chi connectivity index (χ3v) is 5.22. The second-order valence-corrected chi connectivity index (χ2v) is 8.44. The summed E-state index contributed by atoms with van der Waals surface area (Å²) in [5.74, 6) is 0.116. The van der Waals surface area contributed by atoms with Crippen LogP contribution >= 0.6 is 31.9 Å². The molecule has 0 spiro atoms. The average Bonchev–Trinajstić information content (AvgIpc) is 3.02. The lowest BCUT2D eigenvalue weighted by Crippen LogP contribution is -2.19. The molecule has 3 aromatic rings. The maximum absolute atomic E-state index is 12.4. The molecule has 2 aromatic carbocycles. The quantitative estimate of drug-likeness (QED) is 0.364. The highest BCUT2D eigenvalue weighted by Crippen LogP contribution is 2.18. The molecule has 0 atom stereocenters. The van der Waals surface area contributed by atoms with Gasteiger partial charge in [0.15, 0.2) is 5.69 Å². The van der Waals surface area contributed by atoms with Crippen LogP contribution in [0.4, 0.5) is 0 Å². The first kappa shape index (κ1) is 20.5. The molecule has 0 radical (unpaired) electrons. The van der Waals surface area contributed by atoms with E-state index in [0.717, 1.165) is 15.6 Å². The zero-order valence-corrected chi connectivity index (χ0v) is 18.7. The van der Waals surface area contributed by atoms with Crippen LogP contribution in [0.3, 0.4) is 0 Å². The van der Waals surface area contributed by atoms with Gasteiger partial charge in [0.1, 0.15) is 0 Å². The lowest BCUT2D eigenvalue weighted by molar-refractivity contribution is 0.0948. The zero-order chi connectivity index (χ0) is 20.1. The molecule has 0 bridgehead atoms. The van der Waals surface area contributed by atoms with Gasteiger partial charge in [-0.05, 0) is 50.7 Å². The monoisotopic (exact) mass is 502 g/mol. The van der Waals surface area contributed by atoms with Crippen molar-refractivity contribution >= 4 is 44.0 Å². The van der Waals surface area contributed by atoms with Crippen LogP contribution in [-0.4, -0.2) is 21.9 Å². The molecule has 0 aliphatic rings. The SMILES string of the molecule is CC(C)c1ccc(C=NNC(=O)c2nn(Cc3cccc(Br)c3)cc2Br)cc1. The van der Waals surface area contributed by atoms with Crippen LogP contribution in [0.1, 0.15) is 46.9 Å². The standard InChI is InChI=1S/C21H20Br2N4O/c1-14(2)17-8-6-15(7-9-17)11-24-25-21(28)20-19(23)13-27(26-20)12-16-4-3-5-18(22)10-16/h3-11,13-14H,12H2,1-2H3,(H,25,28). The number of carbonyl (C=O) groups is 1. The summed E-state index contributed by atoms with van der Waals surface area (Å²) in [6.07, 6.45) is 3.40. The molecule has 1 amide bonds. The van der Waals surface area contributed by atoms with Gasteiger partial charge >= 0.3 is 0 Å². The largest absolute Gasteiger partial charge is 0.293 e. The summed E-state index contributed by atoms with van der Waals surface area (Å²) >= 11 is 6.86. The number of halogens is 2. The van der Waals surface area contributed by atoms with Gasteiger partial charge in [0.2, 0.25) is 0 Å². The molecule has 144 valence electrons. The Bertz CT molecular complexity index is 994. The number of rotatable bonds is 6. The predicted molar refractivity (Wildman–Crippen MR) is 119 cm³/mol. The number of benzene rings is 2. The highest BCUT2D eigenvalue weighted by molar-refractivity contribution is 9.10. The Morgan fingerprint density at radius 1 is 1.21 bits per heavy atom. The Labute approximate surface area is 181 Å². The molecular formula is C21H20Br2N4O. The highest BCUT2D eigenvalue weighted by atomic mass is 79.9. The first-order valence-corrected chi connectivity index (χ1v) is 10.4. The third kappa shape index (κ3) is 5.39. The number of nitrogens with one attached hydrogen (secondary N) is 1. The minimum Gasteiger partial charge on any atom is -0.266 e. The Balaban J connectivity index is 1.63. The summed E-state index contributed by atoms with van der Waals surface area (Å²) in [5, 5.41) is 8.40. The van der Waals surface area contributed by atoms with Gasteiger partial charge in [-0.2, -0.15) is 10.2 Å². The first-order valence-electron chi connectivity index (χ1n) is 8.83. The van der Waals surface area contributed by atoms with E-state index in [9.17, 15) is 4.79 Å². The first-order chi connectivity index (χ1) is 13.4. The average molecular weight is 504 g/mol. The fourth-order valence-corrected chi connectivity index (χ4v) is 3.58. The van der Waals surface area contributed by atoms with Gasteiger partial charge < -0.3 is 0 Å². The van der Waals surface area contributed by atoms with Gasteiger partial charge in [-0.15, -0.1) is 0 Å². The van der Waals surface area contributed by atoms with Gasteiger partial charge in [0.05, 0.1) is 17.2 Å². The van der Waals surface area contributed by atoms with Gasteiger partial charge in [0.25, 0.3) is 5.91 Å². The maximum Gasteiger partial charge on any atom is 0.293 e. The smallest absolute Gasteiger partial charge is 0.266 e. The van der Waals surface area contributed by atoms with Gasteiger partial charge in [-0.1, -0.05) is 66.2 Å². The van der Waals surface area contributed by atoms with E-state index < -0.39 is 0 Å². The molecule has 0 aliphatic heterocycles. The molecule has 7 heteroatoms. The molecule has 0 unspecified atom stereocenters. The van der Waals surface area contributed by atoms with E-state index in [1.165, 1.54) is 5.56 Å². The summed E-state index contributed by atoms with van der Waals surface area (Å²) in [4.78, 5) is 12.4. The third-order valence-electron chi connectivity index (χ3n) is 4.15. The molecule has 5 nitrogen and oxygen atoms in total. The van der Waals surface area contributed by atoms with Crippen LogP contribution in [0.2, 0.25) is 0 Å². The second-order valence-electron chi connectivity index (χ2n) is 6.67. The normalized spacial score (nSPS) is 11.3. The van der Waals surface area contributed by atoms with E-state index in [1.807, 2.05) is 36.4 Å². The number of carbonyl (C=O) groups excluding carboxylic acids is 1. The van der Waals surface area contributed by atoms with E-state index in [1.54, 1.807) is 17.1 Å². The van der Waals surface area contributed by atoms with Crippen LogP contribution in [0.5, 0.6) is 0 Å². The van der Waals surface area contributed by atoms with Crippen LogP contribution in [0.25, 0.3) is 0 Å². The highest BCUT2D eigenvalue weighted by Gasteiger charge is 2.15. The van der Waals surface area contributed by atoms with E-state index in [4.69, 9.17) is 0 Å². The van der Waals surface area contributed by atoms with Crippen molar-refractivity contribution in [3.8, 4) is 0 Å². The van der Waals surface area contributed by atoms with Crippen LogP contribution < -0.4 is 5.43 Å². The number of aromatic nitrogens is 2. The number of hydrogen-bond acceptors (Lipinski definition) is 3. The number of amides is 1. The van der Waals surface area contributed by atoms with Crippen LogP contribution in [0.15, 0.2) is 68.8 Å². The van der Waals surface area contributed by atoms with E-state index in [0.29, 0.717) is 22.6 Å². The van der Waals surface area contributed by atoms with E-state index >= 15 is 0 Å². The van der Waals surface area contributed by atoms with Crippen molar-refractivity contribution in [3.05, 3.63) is 86.1 Å². The van der Waals surface area contributed by atoms with Crippen molar-refractivity contribution in [3.63, 3.8) is 0 Å². The van der Waals surface area contributed by atoms with Crippen LogP contribution in [0, 0.1) is 0 Å². The summed E-state index contributed by atoms with van der Waals surface area (Å²) in [5.41, 5.74) is 6.09. The fourth-order valence-electron chi connectivity index (χ4n) is 2.64. The summed E-state index contributed by atoms with van der Waals surface area (Å²) in [7, 11) is 0. The van der Waals surface area contributed by atoms with Crippen molar-refractivity contribution in [1.82, 2.24) is 15.2 Å². The van der Waals surface area contributed by atoms with Crippen molar-refractivity contribution in [1.29, 1.82) is 0 Å². The molecule has 0 fully saturated rings. The molecule has 0 saturated carbocycles. The second kappa shape index (κ2) is 9.30. The van der Waals surface area contributed by atoms with Crippen molar-refractivity contribution in [2.75, 3.05) is 0 Å². The Kier molecular flexibility index (Phi) is 6.80. The summed E-state index contributed by atoms with van der Waals surface area (Å²) in [6, 6.07) is 16.0. The molecule has 1 heterocycles.